The molecule has 0 saturated carbocycles. The average Bonchev–Trinajstić information content (AvgIpc) is 3.65. The van der Waals surface area contributed by atoms with Gasteiger partial charge >= 0.3 is 5.97 Å². The molecule has 244 valence electrons. The molecule has 4 heterocycles. The minimum atomic E-state index is -1.01. The number of carboxylic acid groups (broad SMARTS) is 1. The zero-order valence-corrected chi connectivity index (χ0v) is 29.5. The summed E-state index contributed by atoms with van der Waals surface area (Å²) in [5.74, 6) is 1.88. The molecule has 1 aliphatic rings. The molecule has 7 rings (SSSR count). The van der Waals surface area contributed by atoms with Crippen LogP contribution in [0.5, 0.6) is 5.75 Å². The van der Waals surface area contributed by atoms with Gasteiger partial charge in [-0.3, -0.25) is 4.68 Å². The first-order chi connectivity index (χ1) is 23.2. The van der Waals surface area contributed by atoms with Crippen molar-refractivity contribution < 1.29 is 14.6 Å². The zero-order chi connectivity index (χ0) is 33.7. The molecule has 0 spiro atoms. The lowest BCUT2D eigenvalue weighted by atomic mass is 9.97. The summed E-state index contributed by atoms with van der Waals surface area (Å²) in [6, 6.07) is 20.8. The van der Waals surface area contributed by atoms with Gasteiger partial charge in [-0.2, -0.15) is 22.1 Å². The largest absolute Gasteiger partial charge is 0.493 e. The predicted molar refractivity (Wildman–Crippen MR) is 194 cm³/mol. The maximum Gasteiger partial charge on any atom is 0.352 e. The van der Waals surface area contributed by atoms with Gasteiger partial charge in [-0.15, -0.1) is 11.8 Å². The van der Waals surface area contributed by atoms with Crippen LogP contribution in [0.25, 0.3) is 32.8 Å². The summed E-state index contributed by atoms with van der Waals surface area (Å²) in [6.45, 7) is 2.43. The van der Waals surface area contributed by atoms with Crippen LogP contribution >= 0.6 is 35.1 Å². The number of nitriles is 1. The smallest absolute Gasteiger partial charge is 0.352 e. The van der Waals surface area contributed by atoms with E-state index in [1.807, 2.05) is 54.5 Å². The molecular weight excluding hydrogens is 662 g/mol. The topological polar surface area (TPSA) is 98.0 Å². The number of carbonyl (C=O) groups is 1. The van der Waals surface area contributed by atoms with Crippen LogP contribution in [0.3, 0.4) is 0 Å². The highest BCUT2D eigenvalue weighted by Gasteiger charge is 2.29. The third-order valence-electron chi connectivity index (χ3n) is 9.32. The third-order valence-corrected chi connectivity index (χ3v) is 11.6. The van der Waals surface area contributed by atoms with E-state index in [0.29, 0.717) is 52.8 Å². The van der Waals surface area contributed by atoms with E-state index in [9.17, 15) is 15.2 Å². The molecule has 8 bridgehead atoms. The van der Waals surface area contributed by atoms with Gasteiger partial charge in [-0.25, -0.2) is 4.79 Å². The quantitative estimate of drug-likeness (QED) is 0.184. The fraction of sp³-hybridized carbons (Fsp3) is 0.270. The Morgan fingerprint density at radius 3 is 2.60 bits per heavy atom. The van der Waals surface area contributed by atoms with Crippen molar-refractivity contribution >= 4 is 62.8 Å². The summed E-state index contributed by atoms with van der Waals surface area (Å²) < 4.78 is 12.0. The fourth-order valence-corrected chi connectivity index (χ4v) is 9.12. The van der Waals surface area contributed by atoms with Crippen LogP contribution in [0.2, 0.25) is 5.02 Å². The van der Waals surface area contributed by atoms with E-state index >= 15 is 0 Å². The Balaban J connectivity index is 1.39. The predicted octanol–water partition coefficient (Wildman–Crippen LogP) is 8.65. The lowest BCUT2D eigenvalue weighted by Crippen LogP contribution is -2.09. The molecule has 8 nitrogen and oxygen atoms in total. The summed E-state index contributed by atoms with van der Waals surface area (Å²) in [5, 5.41) is 29.1. The molecule has 0 saturated heterocycles. The molecule has 3 aromatic heterocycles. The Morgan fingerprint density at radius 1 is 1.00 bits per heavy atom. The lowest BCUT2D eigenvalue weighted by Gasteiger charge is -2.13. The molecule has 48 heavy (non-hydrogen) atoms. The summed E-state index contributed by atoms with van der Waals surface area (Å²) in [5.41, 5.74) is 7.68. The lowest BCUT2D eigenvalue weighted by molar-refractivity contribution is 0.0685. The molecule has 0 fully saturated rings. The zero-order valence-electron chi connectivity index (χ0n) is 27.1. The van der Waals surface area contributed by atoms with Crippen molar-refractivity contribution in [3.8, 4) is 22.9 Å². The molecule has 0 unspecified atom stereocenters. The molecule has 0 amide bonds. The van der Waals surface area contributed by atoms with Crippen molar-refractivity contribution in [1.82, 2.24) is 18.9 Å². The van der Waals surface area contributed by atoms with Crippen LogP contribution in [0.1, 0.15) is 50.8 Å². The van der Waals surface area contributed by atoms with Crippen molar-refractivity contribution in [1.29, 1.82) is 5.26 Å². The summed E-state index contributed by atoms with van der Waals surface area (Å²) in [4.78, 5) is 13.9. The van der Waals surface area contributed by atoms with E-state index in [2.05, 4.69) is 36.4 Å². The van der Waals surface area contributed by atoms with E-state index in [-0.39, 0.29) is 5.69 Å². The van der Waals surface area contributed by atoms with E-state index in [4.69, 9.17) is 21.4 Å². The Labute approximate surface area is 292 Å². The Morgan fingerprint density at radius 2 is 1.81 bits per heavy atom. The van der Waals surface area contributed by atoms with E-state index in [1.54, 1.807) is 35.1 Å². The monoisotopic (exact) mass is 695 g/mol. The van der Waals surface area contributed by atoms with Gasteiger partial charge in [-0.1, -0.05) is 41.9 Å². The molecule has 11 heteroatoms. The van der Waals surface area contributed by atoms with Crippen molar-refractivity contribution in [2.45, 2.75) is 41.9 Å². The molecular formula is C37H34ClN5O3S2. The van der Waals surface area contributed by atoms with Gasteiger partial charge in [0.2, 0.25) is 0 Å². The number of aromatic carboxylic acids is 1. The van der Waals surface area contributed by atoms with Crippen molar-refractivity contribution in [3.05, 3.63) is 99.2 Å². The van der Waals surface area contributed by atoms with Gasteiger partial charge in [0.25, 0.3) is 0 Å². The summed E-state index contributed by atoms with van der Waals surface area (Å²) in [7, 11) is 5.65. The SMILES string of the molecule is Cc1c2c(c(C#N)n1C)-c1c(Cl)ccc3c(c(C(=O)O)n(C)c13)CCCOc1cc(cc3ccccc13)SCc1cc(nn1C)CSC2. The van der Waals surface area contributed by atoms with Gasteiger partial charge in [0, 0.05) is 76.6 Å². The first-order valence-electron chi connectivity index (χ1n) is 15.7. The maximum atomic E-state index is 12.8. The minimum Gasteiger partial charge on any atom is -0.493 e. The van der Waals surface area contributed by atoms with Crippen LogP contribution in [0.15, 0.2) is 59.5 Å². The molecule has 3 aromatic carbocycles. The number of hydrogen-bond acceptors (Lipinski definition) is 6. The number of hydrogen-bond donors (Lipinski definition) is 1. The summed E-state index contributed by atoms with van der Waals surface area (Å²) >= 11 is 10.5. The Bertz CT molecular complexity index is 2290. The van der Waals surface area contributed by atoms with Crippen molar-refractivity contribution in [3.63, 3.8) is 0 Å². The second-order valence-corrected chi connectivity index (χ2v) is 14.5. The van der Waals surface area contributed by atoms with E-state index in [0.717, 1.165) is 66.3 Å². The number of benzene rings is 3. The fourth-order valence-electron chi connectivity index (χ4n) is 6.88. The number of rotatable bonds is 1. The highest BCUT2D eigenvalue weighted by Crippen LogP contribution is 2.44. The number of thioether (sulfide) groups is 2. The second-order valence-electron chi connectivity index (χ2n) is 12.1. The Kier molecular flexibility index (Phi) is 8.71. The highest BCUT2D eigenvalue weighted by molar-refractivity contribution is 7.98. The van der Waals surface area contributed by atoms with Crippen LogP contribution in [0.4, 0.5) is 0 Å². The minimum absolute atomic E-state index is 0.215. The van der Waals surface area contributed by atoms with E-state index < -0.39 is 5.97 Å². The van der Waals surface area contributed by atoms with Crippen LogP contribution in [0, 0.1) is 18.3 Å². The van der Waals surface area contributed by atoms with Crippen LogP contribution in [-0.2, 0) is 44.8 Å². The molecule has 0 atom stereocenters. The van der Waals surface area contributed by atoms with Gasteiger partial charge in [0.15, 0.2) is 0 Å². The number of fused-ring (bicyclic) bond motifs is 8. The molecule has 6 aromatic rings. The molecule has 1 aliphatic heterocycles. The van der Waals surface area contributed by atoms with Crippen molar-refractivity contribution in [2.75, 3.05) is 6.61 Å². The highest BCUT2D eigenvalue weighted by atomic mass is 35.5. The maximum absolute atomic E-state index is 12.8. The number of halogens is 1. The molecule has 1 N–H and O–H groups in total. The average molecular weight is 696 g/mol. The molecule has 0 aliphatic carbocycles. The van der Waals surface area contributed by atoms with Crippen molar-refractivity contribution in [2.24, 2.45) is 21.1 Å². The number of aromatic nitrogens is 4. The number of aryl methyl sites for hydroxylation is 3. The first-order valence-corrected chi connectivity index (χ1v) is 18.2. The molecule has 0 radical (unpaired) electrons. The Hall–Kier alpha value is -4.30. The van der Waals surface area contributed by atoms with Gasteiger partial charge in [0.1, 0.15) is 23.2 Å². The van der Waals surface area contributed by atoms with Crippen LogP contribution < -0.4 is 4.74 Å². The number of nitrogens with zero attached hydrogens (tertiary/aromatic N) is 5. The standard InChI is InChI=1S/C37H34ClN5O3S2/c1-21-29-20-47-18-23-15-24(43(4)40-23)19-48-25-14-22-8-5-6-9-26(22)32(16-25)46-13-7-10-27-28-11-12-30(38)34(33(29)31(17-39)41(21)2)35(28)42(3)36(27)37(44)45/h5-6,8-9,11-12,14-16H,7,10,13,18-20H2,1-4H3,(H,44,45). The first kappa shape index (κ1) is 32.3. The summed E-state index contributed by atoms with van der Waals surface area (Å²) in [6.07, 6.45) is 1.10. The van der Waals surface area contributed by atoms with Gasteiger partial charge < -0.3 is 19.0 Å². The number of ether oxygens (including phenoxy) is 1. The number of carboxylic acids is 1. The second kappa shape index (κ2) is 13.0. The van der Waals surface area contributed by atoms with Gasteiger partial charge in [-0.05, 0) is 60.5 Å². The van der Waals surface area contributed by atoms with Crippen LogP contribution in [-0.4, -0.2) is 36.6 Å². The third kappa shape index (κ3) is 5.54. The van der Waals surface area contributed by atoms with E-state index in [1.165, 1.54) is 0 Å². The van der Waals surface area contributed by atoms with Gasteiger partial charge in [0.05, 0.1) is 22.8 Å². The normalized spacial score (nSPS) is 14.0.